The Balaban J connectivity index is 1.73. The van der Waals surface area contributed by atoms with Crippen molar-refractivity contribution in [3.63, 3.8) is 0 Å². The van der Waals surface area contributed by atoms with Crippen LogP contribution in [0.15, 0.2) is 59.1 Å². The number of nitrogens with one attached hydrogen (secondary N) is 1. The minimum Gasteiger partial charge on any atom is -0.493 e. The molecule has 0 spiro atoms. The first-order valence-electron chi connectivity index (χ1n) is 8.70. The monoisotopic (exact) mass is 571 g/mol. The molecule has 3 aromatic rings. The Morgan fingerprint density at radius 1 is 1.04 bits per heavy atom. The zero-order valence-corrected chi connectivity index (χ0v) is 20.1. The largest absolute Gasteiger partial charge is 0.493 e. The highest BCUT2D eigenvalue weighted by atomic mass is 127. The highest BCUT2D eigenvalue weighted by molar-refractivity contribution is 14.1. The Morgan fingerprint density at radius 3 is 2.50 bits per heavy atom. The molecule has 3 rings (SSSR count). The van der Waals surface area contributed by atoms with E-state index in [0.29, 0.717) is 13.2 Å². The maximum Gasteiger partial charge on any atom is 0.174 e. The Morgan fingerprint density at radius 2 is 1.79 bits per heavy atom. The van der Waals surface area contributed by atoms with Gasteiger partial charge in [0.15, 0.2) is 11.5 Å². The van der Waals surface area contributed by atoms with Gasteiger partial charge in [0.25, 0.3) is 0 Å². The van der Waals surface area contributed by atoms with Gasteiger partial charge >= 0.3 is 0 Å². The van der Waals surface area contributed by atoms with Crippen LogP contribution in [0, 0.1) is 10.5 Å². The highest BCUT2D eigenvalue weighted by Crippen LogP contribution is 2.35. The summed E-state index contributed by atoms with van der Waals surface area (Å²) in [6, 6.07) is 18.0. The van der Waals surface area contributed by atoms with E-state index in [2.05, 4.69) is 56.8 Å². The van der Waals surface area contributed by atoms with E-state index >= 15 is 0 Å². The van der Waals surface area contributed by atoms with Crippen molar-refractivity contribution in [2.75, 3.05) is 12.4 Å². The first-order chi connectivity index (χ1) is 13.5. The average molecular weight is 573 g/mol. The summed E-state index contributed by atoms with van der Waals surface area (Å²) in [6.45, 7) is 3.21. The van der Waals surface area contributed by atoms with Gasteiger partial charge in [-0.2, -0.15) is 0 Å². The average Bonchev–Trinajstić information content (AvgIpc) is 2.68. The molecule has 0 heterocycles. The van der Waals surface area contributed by atoms with E-state index in [-0.39, 0.29) is 0 Å². The zero-order valence-electron chi connectivity index (χ0n) is 15.6. The maximum absolute atomic E-state index is 6.11. The third kappa shape index (κ3) is 5.55. The SMILES string of the molecule is COc1cc(CNc2cc(Cl)ccc2C)cc(I)c1OCc1ccc(Br)cc1. The van der Waals surface area contributed by atoms with Crippen LogP contribution in [0.5, 0.6) is 11.5 Å². The van der Waals surface area contributed by atoms with Crippen LogP contribution in [0.25, 0.3) is 0 Å². The first-order valence-corrected chi connectivity index (χ1v) is 10.9. The fourth-order valence-corrected chi connectivity index (χ4v) is 3.99. The molecular formula is C22H20BrClINO2. The molecule has 0 saturated heterocycles. The molecule has 0 aromatic heterocycles. The molecule has 0 aliphatic carbocycles. The van der Waals surface area contributed by atoms with Crippen LogP contribution in [0.2, 0.25) is 5.02 Å². The molecule has 28 heavy (non-hydrogen) atoms. The van der Waals surface area contributed by atoms with E-state index < -0.39 is 0 Å². The molecule has 0 unspecified atom stereocenters. The maximum atomic E-state index is 6.11. The van der Waals surface area contributed by atoms with Crippen LogP contribution in [0.4, 0.5) is 5.69 Å². The number of hydrogen-bond acceptors (Lipinski definition) is 3. The molecule has 3 nitrogen and oxygen atoms in total. The minimum absolute atomic E-state index is 0.485. The summed E-state index contributed by atoms with van der Waals surface area (Å²) in [5.74, 6) is 1.48. The van der Waals surface area contributed by atoms with Crippen LogP contribution in [0.3, 0.4) is 0 Å². The van der Waals surface area contributed by atoms with E-state index in [1.807, 2.05) is 48.5 Å². The molecule has 0 fully saturated rings. The van der Waals surface area contributed by atoms with Crippen molar-refractivity contribution in [3.05, 3.63) is 84.4 Å². The predicted molar refractivity (Wildman–Crippen MR) is 128 cm³/mol. The summed E-state index contributed by atoms with van der Waals surface area (Å²) in [5.41, 5.74) is 4.39. The Labute approximate surface area is 192 Å². The van der Waals surface area contributed by atoms with Crippen LogP contribution in [0.1, 0.15) is 16.7 Å². The molecule has 146 valence electrons. The number of ether oxygens (including phenoxy) is 2. The van der Waals surface area contributed by atoms with Gasteiger partial charge < -0.3 is 14.8 Å². The van der Waals surface area contributed by atoms with Gasteiger partial charge in [-0.15, -0.1) is 0 Å². The van der Waals surface area contributed by atoms with E-state index in [4.69, 9.17) is 21.1 Å². The molecule has 0 saturated carbocycles. The quantitative estimate of drug-likeness (QED) is 0.304. The third-order valence-electron chi connectivity index (χ3n) is 4.27. The molecule has 3 aromatic carbocycles. The van der Waals surface area contributed by atoms with Crippen molar-refractivity contribution >= 4 is 55.8 Å². The zero-order chi connectivity index (χ0) is 20.1. The van der Waals surface area contributed by atoms with Gasteiger partial charge in [-0.3, -0.25) is 0 Å². The molecule has 0 aliphatic rings. The van der Waals surface area contributed by atoms with E-state index in [1.165, 1.54) is 0 Å². The molecule has 6 heteroatoms. The minimum atomic E-state index is 0.485. The van der Waals surface area contributed by atoms with Crippen molar-refractivity contribution in [1.82, 2.24) is 0 Å². The van der Waals surface area contributed by atoms with E-state index in [9.17, 15) is 0 Å². The van der Waals surface area contributed by atoms with Crippen molar-refractivity contribution in [1.29, 1.82) is 0 Å². The summed E-state index contributed by atoms with van der Waals surface area (Å²) in [4.78, 5) is 0. The summed E-state index contributed by atoms with van der Waals surface area (Å²) in [7, 11) is 1.66. The molecule has 0 bridgehead atoms. The van der Waals surface area contributed by atoms with E-state index in [1.54, 1.807) is 7.11 Å². The topological polar surface area (TPSA) is 30.5 Å². The lowest BCUT2D eigenvalue weighted by molar-refractivity contribution is 0.282. The Hall–Kier alpha value is -1.44. The standard InChI is InChI=1S/C22H20BrClINO2/c1-14-3-8-18(24)11-20(14)26-12-16-9-19(25)22(21(10-16)27-2)28-13-15-4-6-17(23)7-5-15/h3-11,26H,12-13H2,1-2H3. The van der Waals surface area contributed by atoms with Gasteiger partial charge in [-0.25, -0.2) is 0 Å². The Kier molecular flexibility index (Phi) is 7.48. The Bertz CT molecular complexity index is 963. The summed E-state index contributed by atoms with van der Waals surface area (Å²) >= 11 is 11.8. The summed E-state index contributed by atoms with van der Waals surface area (Å²) in [6.07, 6.45) is 0. The molecule has 0 radical (unpaired) electrons. The number of halogens is 3. The number of rotatable bonds is 7. The van der Waals surface area contributed by atoms with Gasteiger partial charge in [0.05, 0.1) is 10.7 Å². The molecule has 0 atom stereocenters. The fourth-order valence-electron chi connectivity index (χ4n) is 2.73. The highest BCUT2D eigenvalue weighted by Gasteiger charge is 2.12. The lowest BCUT2D eigenvalue weighted by Crippen LogP contribution is -2.04. The van der Waals surface area contributed by atoms with Crippen LogP contribution >= 0.6 is 50.1 Å². The second-order valence-corrected chi connectivity index (χ2v) is 8.85. The summed E-state index contributed by atoms with van der Waals surface area (Å²) < 4.78 is 13.7. The third-order valence-corrected chi connectivity index (χ3v) is 5.83. The smallest absolute Gasteiger partial charge is 0.174 e. The molecule has 0 amide bonds. The normalized spacial score (nSPS) is 10.6. The van der Waals surface area contributed by atoms with Gasteiger partial charge in [-0.05, 0) is 82.6 Å². The molecule has 1 N–H and O–H groups in total. The molecular weight excluding hydrogens is 553 g/mol. The van der Waals surface area contributed by atoms with Gasteiger partial charge in [0, 0.05) is 21.7 Å². The second-order valence-electron chi connectivity index (χ2n) is 6.34. The number of aryl methyl sites for hydroxylation is 1. The molecule has 0 aliphatic heterocycles. The predicted octanol–water partition coefficient (Wildman–Crippen LogP) is 7.22. The second kappa shape index (κ2) is 9.85. The summed E-state index contributed by atoms with van der Waals surface area (Å²) in [5, 5.41) is 4.16. The van der Waals surface area contributed by atoms with Crippen molar-refractivity contribution in [2.45, 2.75) is 20.1 Å². The number of hydrogen-bond donors (Lipinski definition) is 1. The van der Waals surface area contributed by atoms with Crippen molar-refractivity contribution in [3.8, 4) is 11.5 Å². The van der Waals surface area contributed by atoms with Crippen molar-refractivity contribution < 1.29 is 9.47 Å². The number of benzene rings is 3. The number of methoxy groups -OCH3 is 1. The first kappa shape index (κ1) is 21.3. The van der Waals surface area contributed by atoms with Crippen LogP contribution < -0.4 is 14.8 Å². The van der Waals surface area contributed by atoms with Crippen LogP contribution in [-0.4, -0.2) is 7.11 Å². The van der Waals surface area contributed by atoms with E-state index in [0.717, 1.165) is 46.9 Å². The van der Waals surface area contributed by atoms with Gasteiger partial charge in [-0.1, -0.05) is 45.7 Å². The van der Waals surface area contributed by atoms with Crippen LogP contribution in [-0.2, 0) is 13.2 Å². The number of anilines is 1. The van der Waals surface area contributed by atoms with Gasteiger partial charge in [0.1, 0.15) is 6.61 Å². The lowest BCUT2D eigenvalue weighted by Gasteiger charge is -2.16. The van der Waals surface area contributed by atoms with Crippen molar-refractivity contribution in [2.24, 2.45) is 0 Å². The fraction of sp³-hybridized carbons (Fsp3) is 0.182. The van der Waals surface area contributed by atoms with Gasteiger partial charge in [0.2, 0.25) is 0 Å². The lowest BCUT2D eigenvalue weighted by atomic mass is 10.1.